The van der Waals surface area contributed by atoms with Crippen molar-refractivity contribution < 1.29 is 29.4 Å². The summed E-state index contributed by atoms with van der Waals surface area (Å²) in [4.78, 5) is 51.3. The molecule has 55 heavy (non-hydrogen) atoms. The van der Waals surface area contributed by atoms with E-state index in [9.17, 15) is 24.3 Å². The standard InChI is InChI=1S/C48H91NO6/c1-3-5-7-9-11-13-15-17-19-24-28-32-36-40-46(52)49(47(53)41-37-33-29-25-20-18-16-14-12-10-8-6-4-2)43-45(51)44(50)39-35-31-27-23-21-22-26-30-34-38-42-48(54)55/h45,51H,3-43H2,1-2H3,(H,54,55). The van der Waals surface area contributed by atoms with Crippen molar-refractivity contribution in [3.05, 3.63) is 0 Å². The van der Waals surface area contributed by atoms with Gasteiger partial charge in [0.25, 0.3) is 0 Å². The fourth-order valence-corrected chi connectivity index (χ4v) is 7.63. The molecule has 0 aromatic heterocycles. The average Bonchev–Trinajstić information content (AvgIpc) is 3.17. The topological polar surface area (TPSA) is 112 Å². The van der Waals surface area contributed by atoms with E-state index in [-0.39, 0.29) is 37.0 Å². The van der Waals surface area contributed by atoms with Gasteiger partial charge in [-0.3, -0.25) is 24.1 Å². The molecule has 2 amide bonds. The molecule has 0 aliphatic carbocycles. The molecular weight excluding hydrogens is 687 g/mol. The molecule has 1 unspecified atom stereocenters. The lowest BCUT2D eigenvalue weighted by Crippen LogP contribution is -2.44. The number of unbranched alkanes of at least 4 members (excludes halogenated alkanes) is 33. The first kappa shape index (κ1) is 53.2. The number of ketones is 1. The Morgan fingerprint density at radius 3 is 0.873 bits per heavy atom. The Balaban J connectivity index is 4.49. The predicted molar refractivity (Wildman–Crippen MR) is 231 cm³/mol. The number of aliphatic hydroxyl groups is 1. The Labute approximate surface area is 340 Å². The highest BCUT2D eigenvalue weighted by Gasteiger charge is 2.26. The lowest BCUT2D eigenvalue weighted by atomic mass is 10.0. The Morgan fingerprint density at radius 2 is 0.600 bits per heavy atom. The van der Waals surface area contributed by atoms with E-state index >= 15 is 0 Å². The van der Waals surface area contributed by atoms with Gasteiger partial charge in [-0.05, 0) is 25.7 Å². The molecule has 0 aromatic rings. The van der Waals surface area contributed by atoms with Gasteiger partial charge in [0.15, 0.2) is 5.78 Å². The Hall–Kier alpha value is -1.76. The summed E-state index contributed by atoms with van der Waals surface area (Å²) in [5, 5.41) is 19.5. The number of carbonyl (C=O) groups excluding carboxylic acids is 3. The molecule has 0 saturated carbocycles. The maximum atomic E-state index is 13.3. The number of aliphatic carboxylic acids is 1. The number of carboxylic acids is 1. The summed E-state index contributed by atoms with van der Waals surface area (Å²) in [6.45, 7) is 4.31. The number of carboxylic acid groups (broad SMARTS) is 1. The van der Waals surface area contributed by atoms with Gasteiger partial charge in [0.1, 0.15) is 6.10 Å². The van der Waals surface area contributed by atoms with Crippen LogP contribution in [0.3, 0.4) is 0 Å². The van der Waals surface area contributed by atoms with Crippen LogP contribution < -0.4 is 0 Å². The predicted octanol–water partition coefficient (Wildman–Crippen LogP) is 14.0. The van der Waals surface area contributed by atoms with Gasteiger partial charge in [-0.1, -0.05) is 219 Å². The number of Topliss-reactive ketones (excluding diaryl/α,β-unsaturated/α-hetero) is 1. The van der Waals surface area contributed by atoms with Crippen LogP contribution in [-0.4, -0.2) is 51.3 Å². The molecule has 2 N–H and O–H groups in total. The molecule has 324 valence electrons. The summed E-state index contributed by atoms with van der Waals surface area (Å²) >= 11 is 0. The van der Waals surface area contributed by atoms with E-state index in [4.69, 9.17) is 5.11 Å². The molecule has 0 spiro atoms. The van der Waals surface area contributed by atoms with Gasteiger partial charge in [0.2, 0.25) is 11.8 Å². The number of rotatable bonds is 44. The molecule has 0 rings (SSSR count). The number of hydrogen-bond donors (Lipinski definition) is 2. The number of carbonyl (C=O) groups is 4. The fraction of sp³-hybridized carbons (Fsp3) is 0.917. The second kappa shape index (κ2) is 41.9. The van der Waals surface area contributed by atoms with Crippen LogP contribution in [0.15, 0.2) is 0 Å². The minimum atomic E-state index is -1.31. The first-order valence-corrected chi connectivity index (χ1v) is 24.1. The molecule has 0 aliphatic heterocycles. The van der Waals surface area contributed by atoms with Crippen LogP contribution in [0.1, 0.15) is 271 Å². The van der Waals surface area contributed by atoms with Gasteiger partial charge in [-0.2, -0.15) is 0 Å². The van der Waals surface area contributed by atoms with Crippen LogP contribution in [0.2, 0.25) is 0 Å². The van der Waals surface area contributed by atoms with Crippen LogP contribution in [0.5, 0.6) is 0 Å². The van der Waals surface area contributed by atoms with Crippen LogP contribution >= 0.6 is 0 Å². The van der Waals surface area contributed by atoms with Crippen LogP contribution in [0, 0.1) is 0 Å². The molecule has 0 saturated heterocycles. The maximum absolute atomic E-state index is 13.3. The van der Waals surface area contributed by atoms with Crippen molar-refractivity contribution >= 4 is 23.6 Å². The SMILES string of the molecule is CCCCCCCCCCCCCCCC(=O)N(CC(O)C(=O)CCCCCCCCCCCCC(=O)O)C(=O)CCCCCCCCCCCCCCC. The first-order chi connectivity index (χ1) is 26.8. The summed E-state index contributed by atoms with van der Waals surface area (Å²) in [7, 11) is 0. The average molecular weight is 778 g/mol. The highest BCUT2D eigenvalue weighted by molar-refractivity contribution is 5.96. The van der Waals surface area contributed by atoms with Crippen molar-refractivity contribution in [2.24, 2.45) is 0 Å². The van der Waals surface area contributed by atoms with E-state index in [1.165, 1.54) is 133 Å². The summed E-state index contributed by atoms with van der Waals surface area (Å²) in [5.41, 5.74) is 0. The van der Waals surface area contributed by atoms with Crippen LogP contribution in [-0.2, 0) is 19.2 Å². The van der Waals surface area contributed by atoms with E-state index in [2.05, 4.69) is 13.8 Å². The van der Waals surface area contributed by atoms with E-state index in [0.717, 1.165) is 96.3 Å². The minimum Gasteiger partial charge on any atom is -0.481 e. The van der Waals surface area contributed by atoms with E-state index in [1.54, 1.807) is 0 Å². The molecule has 0 heterocycles. The summed E-state index contributed by atoms with van der Waals surface area (Å²) in [5.74, 6) is -1.47. The van der Waals surface area contributed by atoms with Crippen molar-refractivity contribution in [3.8, 4) is 0 Å². The highest BCUT2D eigenvalue weighted by Crippen LogP contribution is 2.17. The second-order valence-electron chi connectivity index (χ2n) is 16.8. The third-order valence-corrected chi connectivity index (χ3v) is 11.4. The smallest absolute Gasteiger partial charge is 0.303 e. The lowest BCUT2D eigenvalue weighted by Gasteiger charge is -2.23. The van der Waals surface area contributed by atoms with E-state index < -0.39 is 12.1 Å². The number of hydrogen-bond acceptors (Lipinski definition) is 5. The number of imide groups is 1. The fourth-order valence-electron chi connectivity index (χ4n) is 7.63. The van der Waals surface area contributed by atoms with Gasteiger partial charge >= 0.3 is 5.97 Å². The number of amides is 2. The minimum absolute atomic E-state index is 0.208. The van der Waals surface area contributed by atoms with Crippen LogP contribution in [0.25, 0.3) is 0 Å². The Kier molecular flexibility index (Phi) is 40.5. The summed E-state index contributed by atoms with van der Waals surface area (Å²) < 4.78 is 0. The number of nitrogens with zero attached hydrogens (tertiary/aromatic N) is 1. The van der Waals surface area contributed by atoms with Crippen molar-refractivity contribution in [3.63, 3.8) is 0 Å². The molecule has 0 radical (unpaired) electrons. The van der Waals surface area contributed by atoms with Crippen LogP contribution in [0.4, 0.5) is 0 Å². The van der Waals surface area contributed by atoms with E-state index in [1.807, 2.05) is 0 Å². The summed E-state index contributed by atoms with van der Waals surface area (Å²) in [6, 6.07) is 0. The van der Waals surface area contributed by atoms with Crippen molar-refractivity contribution in [2.45, 2.75) is 277 Å². The molecule has 7 heteroatoms. The van der Waals surface area contributed by atoms with Gasteiger partial charge in [0, 0.05) is 25.7 Å². The quantitative estimate of drug-likeness (QED) is 0.0596. The molecule has 0 bridgehead atoms. The van der Waals surface area contributed by atoms with Crippen molar-refractivity contribution in [1.82, 2.24) is 4.90 Å². The van der Waals surface area contributed by atoms with Crippen molar-refractivity contribution in [1.29, 1.82) is 0 Å². The van der Waals surface area contributed by atoms with Gasteiger partial charge < -0.3 is 10.2 Å². The van der Waals surface area contributed by atoms with Crippen molar-refractivity contribution in [2.75, 3.05) is 6.54 Å². The lowest BCUT2D eigenvalue weighted by molar-refractivity contribution is -0.148. The molecule has 0 aliphatic rings. The Morgan fingerprint density at radius 1 is 0.364 bits per heavy atom. The zero-order chi connectivity index (χ0) is 40.5. The molecule has 0 aromatic carbocycles. The third kappa shape index (κ3) is 37.6. The highest BCUT2D eigenvalue weighted by atomic mass is 16.4. The monoisotopic (exact) mass is 778 g/mol. The van der Waals surface area contributed by atoms with E-state index in [0.29, 0.717) is 19.3 Å². The Bertz CT molecular complexity index is 850. The third-order valence-electron chi connectivity index (χ3n) is 11.4. The van der Waals surface area contributed by atoms with Gasteiger partial charge in [0.05, 0.1) is 6.54 Å². The largest absolute Gasteiger partial charge is 0.481 e. The molecule has 1 atom stereocenters. The normalized spacial score (nSPS) is 11.9. The molecule has 7 nitrogen and oxygen atoms in total. The molecule has 0 fully saturated rings. The molecular formula is C48H91NO6. The van der Waals surface area contributed by atoms with Gasteiger partial charge in [-0.25, -0.2) is 0 Å². The zero-order valence-electron chi connectivity index (χ0n) is 36.5. The maximum Gasteiger partial charge on any atom is 0.303 e. The van der Waals surface area contributed by atoms with Gasteiger partial charge in [-0.15, -0.1) is 0 Å². The summed E-state index contributed by atoms with van der Waals surface area (Å²) in [6.07, 6.45) is 41.8. The number of aliphatic hydroxyl groups excluding tert-OH is 1. The zero-order valence-corrected chi connectivity index (χ0v) is 36.5. The first-order valence-electron chi connectivity index (χ1n) is 24.1. The second-order valence-corrected chi connectivity index (χ2v) is 16.8.